The molecule has 4 atom stereocenters. The van der Waals surface area contributed by atoms with E-state index in [9.17, 15) is 29.7 Å². The van der Waals surface area contributed by atoms with Gasteiger partial charge in [0, 0.05) is 0 Å². The van der Waals surface area contributed by atoms with Gasteiger partial charge in [0.05, 0.1) is 32.5 Å². The Kier molecular flexibility index (Phi) is 12.8. The smallest absolute Gasteiger partial charge is 0.245 e. The Morgan fingerprint density at radius 2 is 1.55 bits per heavy atom. The van der Waals surface area contributed by atoms with Crippen LogP contribution in [0.1, 0.15) is 52.9 Å². The molecule has 6 N–H and O–H groups in total. The minimum absolute atomic E-state index is 0.0619. The van der Waals surface area contributed by atoms with E-state index in [1.807, 2.05) is 0 Å². The first-order chi connectivity index (χ1) is 15.6. The van der Waals surface area contributed by atoms with Gasteiger partial charge in [-0.1, -0.05) is 38.7 Å². The highest BCUT2D eigenvalue weighted by Gasteiger charge is 2.54. The first kappa shape index (κ1) is 29.2. The van der Waals surface area contributed by atoms with Crippen molar-refractivity contribution in [1.29, 1.82) is 0 Å². The van der Waals surface area contributed by atoms with Crippen molar-refractivity contribution in [3.63, 3.8) is 0 Å². The number of nitrogens with one attached hydrogen (secondary N) is 3. The maximum absolute atomic E-state index is 12.7. The zero-order valence-corrected chi connectivity index (χ0v) is 20.1. The molecule has 0 saturated carbocycles. The molecule has 1 saturated heterocycles. The number of aliphatic hydroxyl groups is 3. The number of aliphatic hydroxyl groups excluding tert-OH is 3. The Labute approximate surface area is 196 Å². The zero-order valence-electron chi connectivity index (χ0n) is 20.1. The molecular formula is C23H41N3O7. The number of carbonyl (C=O) groups excluding carboxylic acids is 3. The second-order valence-corrected chi connectivity index (χ2v) is 9.20. The molecule has 33 heavy (non-hydrogen) atoms. The largest absolute Gasteiger partial charge is 0.394 e. The summed E-state index contributed by atoms with van der Waals surface area (Å²) in [4.78, 5) is 37.9. The first-order valence-electron chi connectivity index (χ1n) is 11.6. The van der Waals surface area contributed by atoms with Gasteiger partial charge >= 0.3 is 0 Å². The van der Waals surface area contributed by atoms with E-state index in [-0.39, 0.29) is 13.0 Å². The summed E-state index contributed by atoms with van der Waals surface area (Å²) in [5.74, 6) is -1.23. The van der Waals surface area contributed by atoms with Crippen molar-refractivity contribution in [2.45, 2.75) is 76.6 Å². The Morgan fingerprint density at radius 3 is 2.03 bits per heavy atom. The van der Waals surface area contributed by atoms with E-state index >= 15 is 0 Å². The van der Waals surface area contributed by atoms with E-state index in [1.165, 1.54) is 0 Å². The molecule has 0 aromatic heterocycles. The third kappa shape index (κ3) is 9.89. The molecule has 1 aliphatic rings. The molecule has 2 unspecified atom stereocenters. The summed E-state index contributed by atoms with van der Waals surface area (Å²) in [5.41, 5.74) is -0.697. The second-order valence-electron chi connectivity index (χ2n) is 9.20. The lowest BCUT2D eigenvalue weighted by atomic mass is 9.94. The van der Waals surface area contributed by atoms with Gasteiger partial charge in [0.15, 0.2) is 11.4 Å². The molecule has 190 valence electrons. The van der Waals surface area contributed by atoms with Gasteiger partial charge in [0.2, 0.25) is 11.8 Å². The normalized spacial score (nSPS) is 20.1. The van der Waals surface area contributed by atoms with Crippen LogP contribution < -0.4 is 16.0 Å². The van der Waals surface area contributed by atoms with E-state index in [4.69, 9.17) is 4.74 Å². The van der Waals surface area contributed by atoms with Crippen LogP contribution in [0.25, 0.3) is 0 Å². The molecule has 0 bridgehead atoms. The average Bonchev–Trinajstić information content (AvgIpc) is 3.56. The van der Waals surface area contributed by atoms with Gasteiger partial charge in [-0.2, -0.15) is 0 Å². The monoisotopic (exact) mass is 471 g/mol. The molecule has 10 heteroatoms. The van der Waals surface area contributed by atoms with Crippen LogP contribution in [-0.2, 0) is 19.1 Å². The van der Waals surface area contributed by atoms with Gasteiger partial charge in [-0.3, -0.25) is 14.4 Å². The van der Waals surface area contributed by atoms with E-state index in [1.54, 1.807) is 6.92 Å². The van der Waals surface area contributed by atoms with Gasteiger partial charge in [-0.05, 0) is 32.2 Å². The number of carbonyl (C=O) groups is 3. The topological polar surface area (TPSA) is 161 Å². The van der Waals surface area contributed by atoms with Crippen molar-refractivity contribution < 1.29 is 34.4 Å². The Bertz CT molecular complexity index is 664. The fourth-order valence-corrected chi connectivity index (χ4v) is 3.38. The van der Waals surface area contributed by atoms with Gasteiger partial charge < -0.3 is 36.0 Å². The van der Waals surface area contributed by atoms with Crippen LogP contribution in [0.15, 0.2) is 12.2 Å². The maximum Gasteiger partial charge on any atom is 0.245 e. The summed E-state index contributed by atoms with van der Waals surface area (Å²) in [5, 5.41) is 36.5. The minimum Gasteiger partial charge on any atom is -0.394 e. The number of Topliss-reactive ketones (excluding diaryl/α,β-unsaturated/α-hetero) is 1. The molecule has 0 radical (unpaired) electrons. The molecule has 0 aliphatic carbocycles. The quantitative estimate of drug-likeness (QED) is 0.0879. The van der Waals surface area contributed by atoms with Gasteiger partial charge in [-0.25, -0.2) is 0 Å². The van der Waals surface area contributed by atoms with Crippen LogP contribution >= 0.6 is 0 Å². The Hall–Kier alpha value is -1.85. The first-order valence-corrected chi connectivity index (χ1v) is 11.6. The molecule has 1 rings (SSSR count). The molecule has 0 aromatic carbocycles. The van der Waals surface area contributed by atoms with Crippen molar-refractivity contribution in [1.82, 2.24) is 16.0 Å². The molecule has 0 aromatic rings. The Balaban J connectivity index is 2.62. The van der Waals surface area contributed by atoms with E-state index < -0.39 is 61.1 Å². The summed E-state index contributed by atoms with van der Waals surface area (Å²) in [6.07, 6.45) is 4.20. The van der Waals surface area contributed by atoms with Crippen LogP contribution in [0.5, 0.6) is 0 Å². The number of hydrogen-bond donors (Lipinski definition) is 6. The van der Waals surface area contributed by atoms with Crippen LogP contribution in [0.4, 0.5) is 0 Å². The highest BCUT2D eigenvalue weighted by Crippen LogP contribution is 2.29. The van der Waals surface area contributed by atoms with Crippen molar-refractivity contribution >= 4 is 17.6 Å². The predicted octanol–water partition coefficient (Wildman–Crippen LogP) is -0.588. The van der Waals surface area contributed by atoms with Crippen LogP contribution in [0, 0.1) is 5.92 Å². The fourth-order valence-electron chi connectivity index (χ4n) is 3.38. The highest BCUT2D eigenvalue weighted by molar-refractivity contribution is 5.98. The molecule has 1 fully saturated rings. The number of hydrogen-bond acceptors (Lipinski definition) is 8. The highest BCUT2D eigenvalue weighted by atomic mass is 16.6. The van der Waals surface area contributed by atoms with E-state index in [0.29, 0.717) is 18.0 Å². The number of ketones is 1. The molecule has 1 heterocycles. The van der Waals surface area contributed by atoms with Gasteiger partial charge in [0.25, 0.3) is 0 Å². The van der Waals surface area contributed by atoms with Crippen molar-refractivity contribution in [2.24, 2.45) is 5.92 Å². The fraction of sp³-hybridized carbons (Fsp3) is 0.783. The number of epoxide rings is 1. The number of amides is 2. The van der Waals surface area contributed by atoms with E-state index in [2.05, 4.69) is 36.4 Å². The lowest BCUT2D eigenvalue weighted by Gasteiger charge is -2.25. The second kappa shape index (κ2) is 14.4. The summed E-state index contributed by atoms with van der Waals surface area (Å²) >= 11 is 0. The van der Waals surface area contributed by atoms with Gasteiger partial charge in [0.1, 0.15) is 12.1 Å². The summed E-state index contributed by atoms with van der Waals surface area (Å²) in [7, 11) is 0. The lowest BCUT2D eigenvalue weighted by Crippen LogP contribution is -2.58. The molecule has 1 aliphatic heterocycles. The number of ether oxygens (including phenoxy) is 1. The molecule has 10 nitrogen and oxygen atoms in total. The average molecular weight is 472 g/mol. The molecule has 2 amide bonds. The summed E-state index contributed by atoms with van der Waals surface area (Å²) < 4.78 is 5.09. The lowest BCUT2D eigenvalue weighted by molar-refractivity contribution is -0.135. The number of unbranched alkanes of at least 4 members (excludes halogenated alkanes) is 2. The van der Waals surface area contributed by atoms with Crippen molar-refractivity contribution in [2.75, 3.05) is 33.0 Å². The zero-order chi connectivity index (χ0) is 25.0. The minimum atomic E-state index is -1.33. The van der Waals surface area contributed by atoms with Crippen LogP contribution in [0.2, 0.25) is 0 Å². The van der Waals surface area contributed by atoms with Gasteiger partial charge in [-0.15, -0.1) is 6.58 Å². The molecule has 0 spiro atoms. The third-order valence-corrected chi connectivity index (χ3v) is 5.55. The SMILES string of the molecule is C=C(C)CC(NC(=O)[C@H](CO)NC(=O)[C@H](CO)NCCCCCC(C)C)C(=O)C1(CO)CO1. The van der Waals surface area contributed by atoms with Crippen LogP contribution in [0.3, 0.4) is 0 Å². The summed E-state index contributed by atoms with van der Waals surface area (Å²) in [6.45, 7) is 8.71. The maximum atomic E-state index is 12.7. The van der Waals surface area contributed by atoms with Crippen molar-refractivity contribution in [3.8, 4) is 0 Å². The van der Waals surface area contributed by atoms with E-state index in [0.717, 1.165) is 25.7 Å². The van der Waals surface area contributed by atoms with Crippen molar-refractivity contribution in [3.05, 3.63) is 12.2 Å². The summed E-state index contributed by atoms with van der Waals surface area (Å²) in [6, 6.07) is -3.26. The molecular weight excluding hydrogens is 430 g/mol. The third-order valence-electron chi connectivity index (χ3n) is 5.55. The Morgan fingerprint density at radius 1 is 0.970 bits per heavy atom. The number of rotatable bonds is 18. The standard InChI is InChI=1S/C23H41N3O7/c1-15(2)8-6-5-7-9-24-18(11-27)21(31)26-19(12-28)22(32)25-17(10-16(3)4)20(30)23(13-29)14-33-23/h15,17-19,24,27-29H,3,5-14H2,1-2,4H3,(H,25,32)(H,26,31)/t17?,18-,19-,23?/m0/s1. The van der Waals surface area contributed by atoms with Crippen LogP contribution in [-0.4, -0.2) is 89.6 Å². The predicted molar refractivity (Wildman–Crippen MR) is 123 cm³/mol.